The Kier molecular flexibility index (Phi) is 6.77. The third-order valence-electron chi connectivity index (χ3n) is 4.30. The van der Waals surface area contributed by atoms with Crippen molar-refractivity contribution >= 4 is 44.9 Å². The number of hydrogen-bond donors (Lipinski definition) is 0. The second-order valence-corrected chi connectivity index (χ2v) is 10.0. The molecule has 150 valence electrons. The highest BCUT2D eigenvalue weighted by Gasteiger charge is 2.30. The number of sulfonamides is 1. The van der Waals surface area contributed by atoms with Gasteiger partial charge in [0.1, 0.15) is 9.96 Å². The summed E-state index contributed by atoms with van der Waals surface area (Å²) in [5, 5.41) is 0. The normalized spacial score (nSPS) is 15.9. The molecule has 0 N–H and O–H groups in total. The van der Waals surface area contributed by atoms with Crippen LogP contribution in [0.1, 0.15) is 12.5 Å². The minimum atomic E-state index is -3.55. The highest BCUT2D eigenvalue weighted by Crippen LogP contribution is 2.28. The predicted molar refractivity (Wildman–Crippen MR) is 111 cm³/mol. The van der Waals surface area contributed by atoms with Gasteiger partial charge in [-0.05, 0) is 42.8 Å². The number of thiophene rings is 1. The summed E-state index contributed by atoms with van der Waals surface area (Å²) in [6, 6.07) is 10.6. The van der Waals surface area contributed by atoms with Crippen molar-refractivity contribution in [2.75, 3.05) is 32.8 Å². The number of carbonyl (C=O) groups excluding carboxylic acids is 1. The number of ether oxygens (including phenoxy) is 1. The summed E-state index contributed by atoms with van der Waals surface area (Å²) in [5.74, 6) is 0.653. The molecule has 1 aliphatic rings. The van der Waals surface area contributed by atoms with Crippen LogP contribution in [0.4, 0.5) is 0 Å². The molecule has 2 heterocycles. The minimum Gasteiger partial charge on any atom is -0.494 e. The van der Waals surface area contributed by atoms with E-state index in [-0.39, 0.29) is 23.2 Å². The molecule has 9 heteroatoms. The Morgan fingerprint density at radius 1 is 1.14 bits per heavy atom. The molecule has 1 saturated heterocycles. The Morgan fingerprint density at radius 2 is 1.82 bits per heavy atom. The summed E-state index contributed by atoms with van der Waals surface area (Å²) in [5.41, 5.74) is 0.896. The lowest BCUT2D eigenvalue weighted by Gasteiger charge is -2.33. The van der Waals surface area contributed by atoms with Gasteiger partial charge in [-0.25, -0.2) is 8.42 Å². The molecule has 1 amide bonds. The number of nitrogens with zero attached hydrogens (tertiary/aromatic N) is 2. The molecule has 1 fully saturated rings. The number of amides is 1. The third kappa shape index (κ3) is 4.94. The molecular formula is C19H21ClN2O4S2. The zero-order valence-corrected chi connectivity index (χ0v) is 17.8. The number of piperazine rings is 1. The zero-order valence-electron chi connectivity index (χ0n) is 15.4. The second-order valence-electron chi connectivity index (χ2n) is 6.12. The Balaban J connectivity index is 1.56. The van der Waals surface area contributed by atoms with E-state index in [0.29, 0.717) is 24.0 Å². The van der Waals surface area contributed by atoms with Crippen molar-refractivity contribution in [3.05, 3.63) is 52.4 Å². The average molecular weight is 441 g/mol. The van der Waals surface area contributed by atoms with Gasteiger partial charge in [-0.15, -0.1) is 11.3 Å². The first-order chi connectivity index (χ1) is 13.4. The van der Waals surface area contributed by atoms with Gasteiger partial charge in [0, 0.05) is 32.3 Å². The average Bonchev–Trinajstić information content (AvgIpc) is 3.15. The SMILES string of the molecule is CCOc1ccc(/C=C/C(=O)N2CCN(S(=O)(=O)c3ccc(Cl)s3)CC2)cc1. The fourth-order valence-corrected chi connectivity index (χ4v) is 5.89. The van der Waals surface area contributed by atoms with Crippen LogP contribution in [0.25, 0.3) is 6.08 Å². The first-order valence-corrected chi connectivity index (χ1v) is 11.5. The lowest BCUT2D eigenvalue weighted by Crippen LogP contribution is -2.50. The molecule has 2 aromatic rings. The van der Waals surface area contributed by atoms with Gasteiger partial charge in [0.2, 0.25) is 5.91 Å². The zero-order chi connectivity index (χ0) is 20.1. The predicted octanol–water partition coefficient (Wildman–Crippen LogP) is 3.35. The molecule has 0 unspecified atom stereocenters. The van der Waals surface area contributed by atoms with E-state index >= 15 is 0 Å². The largest absolute Gasteiger partial charge is 0.494 e. The molecule has 3 rings (SSSR count). The Labute approximate surface area is 174 Å². The molecule has 0 radical (unpaired) electrons. The summed E-state index contributed by atoms with van der Waals surface area (Å²) in [4.78, 5) is 14.1. The van der Waals surface area contributed by atoms with E-state index in [4.69, 9.17) is 16.3 Å². The van der Waals surface area contributed by atoms with Gasteiger partial charge in [0.05, 0.1) is 10.9 Å². The van der Waals surface area contributed by atoms with Crippen LogP contribution in [0.3, 0.4) is 0 Å². The molecule has 1 aliphatic heterocycles. The first kappa shape index (κ1) is 20.9. The number of benzene rings is 1. The van der Waals surface area contributed by atoms with Crippen molar-refractivity contribution < 1.29 is 17.9 Å². The first-order valence-electron chi connectivity index (χ1n) is 8.85. The van der Waals surface area contributed by atoms with Gasteiger partial charge in [0.25, 0.3) is 10.0 Å². The lowest BCUT2D eigenvalue weighted by molar-refractivity contribution is -0.127. The number of rotatable bonds is 6. The summed E-state index contributed by atoms with van der Waals surface area (Å²) >= 11 is 6.89. The molecule has 0 saturated carbocycles. The van der Waals surface area contributed by atoms with Crippen LogP contribution in [0.2, 0.25) is 4.34 Å². The standard InChI is InChI=1S/C19H21ClN2O4S2/c1-2-26-16-6-3-15(4-7-16)5-9-18(23)21-11-13-22(14-12-21)28(24,25)19-10-8-17(20)27-19/h3-10H,2,11-14H2,1H3/b9-5+. The molecule has 1 aromatic heterocycles. The highest BCUT2D eigenvalue weighted by atomic mass is 35.5. The van der Waals surface area contributed by atoms with Crippen LogP contribution in [-0.4, -0.2) is 56.3 Å². The fourth-order valence-electron chi connectivity index (χ4n) is 2.83. The quantitative estimate of drug-likeness (QED) is 0.646. The molecule has 28 heavy (non-hydrogen) atoms. The topological polar surface area (TPSA) is 66.9 Å². The second kappa shape index (κ2) is 9.09. The van der Waals surface area contributed by atoms with Gasteiger partial charge in [-0.3, -0.25) is 4.79 Å². The molecule has 0 spiro atoms. The highest BCUT2D eigenvalue weighted by molar-refractivity contribution is 7.91. The Hall–Kier alpha value is -1.87. The van der Waals surface area contributed by atoms with E-state index in [0.717, 1.165) is 22.6 Å². The van der Waals surface area contributed by atoms with Gasteiger partial charge in [-0.2, -0.15) is 4.31 Å². The lowest BCUT2D eigenvalue weighted by atomic mass is 10.2. The Bertz CT molecular complexity index is 947. The number of carbonyl (C=O) groups is 1. The van der Waals surface area contributed by atoms with Crippen LogP contribution >= 0.6 is 22.9 Å². The van der Waals surface area contributed by atoms with Crippen LogP contribution in [0.15, 0.2) is 46.7 Å². The fraction of sp³-hybridized carbons (Fsp3) is 0.316. The summed E-state index contributed by atoms with van der Waals surface area (Å²) in [7, 11) is -3.55. The molecular weight excluding hydrogens is 420 g/mol. The number of hydrogen-bond acceptors (Lipinski definition) is 5. The van der Waals surface area contributed by atoms with Gasteiger partial charge >= 0.3 is 0 Å². The molecule has 0 atom stereocenters. The maximum absolute atomic E-state index is 12.6. The van der Waals surface area contributed by atoms with E-state index in [1.54, 1.807) is 17.0 Å². The van der Waals surface area contributed by atoms with Crippen molar-refractivity contribution in [2.45, 2.75) is 11.1 Å². The van der Waals surface area contributed by atoms with Crippen LogP contribution < -0.4 is 4.74 Å². The van der Waals surface area contributed by atoms with Gasteiger partial charge in [0.15, 0.2) is 0 Å². The third-order valence-corrected chi connectivity index (χ3v) is 7.90. The van der Waals surface area contributed by atoms with Crippen LogP contribution in [0.5, 0.6) is 5.75 Å². The maximum Gasteiger partial charge on any atom is 0.252 e. The summed E-state index contributed by atoms with van der Waals surface area (Å²) < 4.78 is 32.7. The van der Waals surface area contributed by atoms with Crippen molar-refractivity contribution in [1.82, 2.24) is 9.21 Å². The van der Waals surface area contributed by atoms with Gasteiger partial charge < -0.3 is 9.64 Å². The van der Waals surface area contributed by atoms with Gasteiger partial charge in [-0.1, -0.05) is 23.7 Å². The minimum absolute atomic E-state index is 0.134. The molecule has 0 aliphatic carbocycles. The van der Waals surface area contributed by atoms with Crippen molar-refractivity contribution in [2.24, 2.45) is 0 Å². The number of halogens is 1. The van der Waals surface area contributed by atoms with Crippen molar-refractivity contribution in [1.29, 1.82) is 0 Å². The Morgan fingerprint density at radius 3 is 2.39 bits per heavy atom. The summed E-state index contributed by atoms with van der Waals surface area (Å²) in [6.45, 7) is 3.76. The van der Waals surface area contributed by atoms with E-state index in [9.17, 15) is 13.2 Å². The van der Waals surface area contributed by atoms with Crippen molar-refractivity contribution in [3.8, 4) is 5.75 Å². The monoisotopic (exact) mass is 440 g/mol. The van der Waals surface area contributed by atoms with Crippen LogP contribution in [0, 0.1) is 0 Å². The van der Waals surface area contributed by atoms with E-state index in [1.807, 2.05) is 31.2 Å². The summed E-state index contributed by atoms with van der Waals surface area (Å²) in [6.07, 6.45) is 3.26. The molecule has 0 bridgehead atoms. The molecule has 6 nitrogen and oxygen atoms in total. The van der Waals surface area contributed by atoms with E-state index < -0.39 is 10.0 Å². The van der Waals surface area contributed by atoms with E-state index in [2.05, 4.69) is 0 Å². The van der Waals surface area contributed by atoms with Crippen molar-refractivity contribution in [3.63, 3.8) is 0 Å². The molecule has 1 aromatic carbocycles. The smallest absolute Gasteiger partial charge is 0.252 e. The maximum atomic E-state index is 12.6. The van der Waals surface area contributed by atoms with E-state index in [1.165, 1.54) is 16.4 Å². The van der Waals surface area contributed by atoms with Crippen LogP contribution in [-0.2, 0) is 14.8 Å².